The van der Waals surface area contributed by atoms with Crippen LogP contribution in [-0.4, -0.2) is 11.1 Å². The van der Waals surface area contributed by atoms with Crippen molar-refractivity contribution in [2.45, 2.75) is 17.2 Å². The minimum atomic E-state index is -5.01. The number of hydrogen-bond acceptors (Lipinski definition) is 3. The van der Waals surface area contributed by atoms with Gasteiger partial charge in [0.1, 0.15) is 5.75 Å². The Morgan fingerprint density at radius 2 is 1.52 bits per heavy atom. The van der Waals surface area contributed by atoms with Gasteiger partial charge in [0.15, 0.2) is 0 Å². The molecule has 3 rings (SSSR count). The maximum Gasteiger partial charge on any atom is 0.442 e. The standard InChI is InChI=1S/C21H18BrF2O3PS/c22-18-13-15(11-12-19(18)27-28(25,26)21(23)24)14-29-20(16-7-3-1-4-8-16)17-9-5-2-6-10-17/h1-13,20-21H,14H2,(H,25,26). The van der Waals surface area contributed by atoms with E-state index in [4.69, 9.17) is 0 Å². The monoisotopic (exact) mass is 498 g/mol. The second kappa shape index (κ2) is 9.90. The largest absolute Gasteiger partial charge is 0.442 e. The number of rotatable bonds is 8. The molecule has 0 aromatic heterocycles. The molecule has 1 unspecified atom stereocenters. The van der Waals surface area contributed by atoms with Crippen molar-refractivity contribution in [3.05, 3.63) is 100 Å². The molecule has 0 aliphatic carbocycles. The molecule has 1 atom stereocenters. The zero-order valence-electron chi connectivity index (χ0n) is 15.1. The van der Waals surface area contributed by atoms with Crippen LogP contribution in [0.15, 0.2) is 83.3 Å². The number of thioether (sulfide) groups is 1. The predicted octanol–water partition coefficient (Wildman–Crippen LogP) is 7.26. The Hall–Kier alpha value is -1.66. The highest BCUT2D eigenvalue weighted by atomic mass is 79.9. The van der Waals surface area contributed by atoms with E-state index in [-0.39, 0.29) is 11.0 Å². The van der Waals surface area contributed by atoms with Crippen molar-refractivity contribution in [3.8, 4) is 5.75 Å². The van der Waals surface area contributed by atoms with Crippen molar-refractivity contribution in [2.75, 3.05) is 0 Å². The molecule has 0 bridgehead atoms. The minimum Gasteiger partial charge on any atom is -0.420 e. The Labute approximate surface area is 180 Å². The van der Waals surface area contributed by atoms with Crippen LogP contribution in [0.4, 0.5) is 8.78 Å². The lowest BCUT2D eigenvalue weighted by atomic mass is 10.0. The summed E-state index contributed by atoms with van der Waals surface area (Å²) in [6, 6.07) is 25.1. The number of hydrogen-bond donors (Lipinski definition) is 1. The van der Waals surface area contributed by atoms with Crippen molar-refractivity contribution < 1.29 is 22.8 Å². The first kappa shape index (κ1) is 22.0. The van der Waals surface area contributed by atoms with Gasteiger partial charge < -0.3 is 9.42 Å². The van der Waals surface area contributed by atoms with Gasteiger partial charge in [-0.1, -0.05) is 66.7 Å². The van der Waals surface area contributed by atoms with Gasteiger partial charge in [-0.15, -0.1) is 11.8 Å². The lowest BCUT2D eigenvalue weighted by molar-refractivity contribution is 0.188. The molecule has 0 amide bonds. The second-order valence-electron chi connectivity index (χ2n) is 6.21. The highest BCUT2D eigenvalue weighted by Gasteiger charge is 2.34. The number of alkyl halides is 2. The Morgan fingerprint density at radius 1 is 0.966 bits per heavy atom. The Balaban J connectivity index is 1.76. The third kappa shape index (κ3) is 5.92. The lowest BCUT2D eigenvalue weighted by Crippen LogP contribution is -2.01. The maximum absolute atomic E-state index is 12.6. The van der Waals surface area contributed by atoms with Crippen LogP contribution in [0.3, 0.4) is 0 Å². The highest BCUT2D eigenvalue weighted by Crippen LogP contribution is 2.50. The van der Waals surface area contributed by atoms with Gasteiger partial charge in [0.05, 0.1) is 9.72 Å². The zero-order chi connectivity index (χ0) is 20.9. The molecule has 0 saturated carbocycles. The molecule has 0 radical (unpaired) electrons. The first-order valence-corrected chi connectivity index (χ1v) is 12.2. The van der Waals surface area contributed by atoms with E-state index in [1.165, 1.54) is 17.2 Å². The predicted molar refractivity (Wildman–Crippen MR) is 117 cm³/mol. The van der Waals surface area contributed by atoms with Gasteiger partial charge >= 0.3 is 13.8 Å². The van der Waals surface area contributed by atoms with Gasteiger partial charge in [-0.25, -0.2) is 4.57 Å². The van der Waals surface area contributed by atoms with Gasteiger partial charge in [-0.3, -0.25) is 0 Å². The molecule has 0 spiro atoms. The van der Waals surface area contributed by atoms with Gasteiger partial charge in [0.2, 0.25) is 0 Å². The molecule has 3 aromatic carbocycles. The third-order valence-electron chi connectivity index (χ3n) is 4.09. The number of halogens is 3. The molecular formula is C21H18BrF2O3PS. The summed E-state index contributed by atoms with van der Waals surface area (Å²) in [5.41, 5.74) is 3.29. The topological polar surface area (TPSA) is 46.5 Å². The third-order valence-corrected chi connectivity index (χ3v) is 7.04. The fourth-order valence-electron chi connectivity index (χ4n) is 2.71. The molecule has 3 nitrogen and oxygen atoms in total. The molecule has 0 saturated heterocycles. The van der Waals surface area contributed by atoms with E-state index in [2.05, 4.69) is 44.7 Å². The summed E-state index contributed by atoms with van der Waals surface area (Å²) >= 11 is 4.96. The molecule has 0 aliphatic heterocycles. The highest BCUT2D eigenvalue weighted by molar-refractivity contribution is 9.10. The molecule has 29 heavy (non-hydrogen) atoms. The summed E-state index contributed by atoms with van der Waals surface area (Å²) in [6.45, 7) is 0. The van der Waals surface area contributed by atoms with Crippen LogP contribution in [0.2, 0.25) is 0 Å². The summed E-state index contributed by atoms with van der Waals surface area (Å²) in [5, 5.41) is 0.128. The van der Waals surface area contributed by atoms with Gasteiger partial charge in [-0.05, 0) is 44.8 Å². The minimum absolute atomic E-state index is 0.0902. The van der Waals surface area contributed by atoms with E-state index in [0.717, 1.165) is 5.56 Å². The van der Waals surface area contributed by atoms with E-state index in [9.17, 15) is 18.2 Å². The van der Waals surface area contributed by atoms with E-state index in [1.807, 2.05) is 36.4 Å². The molecule has 0 fully saturated rings. The first-order valence-electron chi connectivity index (χ1n) is 8.67. The molecular weight excluding hydrogens is 481 g/mol. The summed E-state index contributed by atoms with van der Waals surface area (Å²) in [4.78, 5) is 9.23. The Bertz CT molecular complexity index is 950. The van der Waals surface area contributed by atoms with Crippen LogP contribution < -0.4 is 4.52 Å². The summed E-state index contributed by atoms with van der Waals surface area (Å²) in [5.74, 6) is 0.562. The van der Waals surface area contributed by atoms with Crippen LogP contribution >= 0.6 is 35.3 Å². The van der Waals surface area contributed by atoms with Crippen LogP contribution in [0.25, 0.3) is 0 Å². The summed E-state index contributed by atoms with van der Waals surface area (Å²) < 4.78 is 41.5. The maximum atomic E-state index is 12.6. The normalized spacial score (nSPS) is 13.4. The van der Waals surface area contributed by atoms with E-state index >= 15 is 0 Å². The van der Waals surface area contributed by atoms with Gasteiger partial charge in [-0.2, -0.15) is 8.78 Å². The molecule has 8 heteroatoms. The molecule has 3 aromatic rings. The van der Waals surface area contributed by atoms with Crippen LogP contribution in [0.5, 0.6) is 5.75 Å². The molecule has 1 N–H and O–H groups in total. The summed E-state index contributed by atoms with van der Waals surface area (Å²) in [6.07, 6.45) is -3.46. The molecule has 0 heterocycles. The van der Waals surface area contributed by atoms with Crippen LogP contribution in [-0.2, 0) is 10.3 Å². The van der Waals surface area contributed by atoms with Gasteiger partial charge in [0.25, 0.3) is 0 Å². The Morgan fingerprint density at radius 3 is 2.00 bits per heavy atom. The van der Waals surface area contributed by atoms with E-state index < -0.39 is 13.8 Å². The average molecular weight is 499 g/mol. The quantitative estimate of drug-likeness (QED) is 0.332. The van der Waals surface area contributed by atoms with Crippen molar-refractivity contribution >= 4 is 35.3 Å². The van der Waals surface area contributed by atoms with Crippen LogP contribution in [0.1, 0.15) is 21.9 Å². The van der Waals surface area contributed by atoms with Crippen LogP contribution in [0, 0.1) is 0 Å². The van der Waals surface area contributed by atoms with Crippen molar-refractivity contribution in [3.63, 3.8) is 0 Å². The fourth-order valence-corrected chi connectivity index (χ4v) is 5.10. The summed E-state index contributed by atoms with van der Waals surface area (Å²) in [7, 11) is -5.01. The molecule has 0 aliphatic rings. The smallest absolute Gasteiger partial charge is 0.420 e. The first-order chi connectivity index (χ1) is 13.9. The average Bonchev–Trinajstić information content (AvgIpc) is 2.71. The SMILES string of the molecule is O=P(O)(Oc1ccc(CSC(c2ccccc2)c2ccccc2)cc1Br)C(F)F. The zero-order valence-corrected chi connectivity index (χ0v) is 18.4. The Kier molecular flexibility index (Phi) is 7.52. The van der Waals surface area contributed by atoms with E-state index in [0.29, 0.717) is 10.2 Å². The second-order valence-corrected chi connectivity index (χ2v) is 9.86. The fraction of sp³-hybridized carbons (Fsp3) is 0.143. The van der Waals surface area contributed by atoms with Crippen molar-refractivity contribution in [1.29, 1.82) is 0 Å². The molecule has 152 valence electrons. The van der Waals surface area contributed by atoms with Crippen molar-refractivity contribution in [2.24, 2.45) is 0 Å². The lowest BCUT2D eigenvalue weighted by Gasteiger charge is -2.18. The number of benzene rings is 3. The van der Waals surface area contributed by atoms with Gasteiger partial charge in [0, 0.05) is 5.75 Å². The van der Waals surface area contributed by atoms with E-state index in [1.54, 1.807) is 23.9 Å². The van der Waals surface area contributed by atoms with Crippen molar-refractivity contribution in [1.82, 2.24) is 0 Å².